The standard InChI is InChI=1S/C15H22N6O5S/c1-27(3-2-7(16)15(24)25)4-8-10(22)11(23)14(26-8)21-6-20-9-12(17)18-5-19-13(9)21/h5-8,10-11,14,22-23H,2-4,16H2,1H3,(H2-,17,18,19,24,25)/p+1/t7-,8+,10+,11+,14+,27?/m0/s1/i1+1. The first-order chi connectivity index (χ1) is 12.8. The van der Waals surface area contributed by atoms with Crippen LogP contribution in [-0.4, -0.2) is 82.9 Å². The Morgan fingerprint density at radius 3 is 2.81 bits per heavy atom. The second-order valence-corrected chi connectivity index (χ2v) is 8.82. The summed E-state index contributed by atoms with van der Waals surface area (Å²) in [4.78, 5) is 23.0. The molecule has 0 saturated carbocycles. The maximum absolute atomic E-state index is 10.8. The number of ether oxygens (including phenoxy) is 1. The Hall–Kier alpha value is -1.99. The Bertz CT molecular complexity index is 819. The average molecular weight is 400 g/mol. The largest absolute Gasteiger partial charge is 0.480 e. The van der Waals surface area contributed by atoms with E-state index in [1.54, 1.807) is 0 Å². The number of carbonyl (C=O) groups is 1. The predicted molar refractivity (Wildman–Crippen MR) is 98.9 cm³/mol. The Labute approximate surface area is 157 Å². The smallest absolute Gasteiger partial charge is 0.320 e. The van der Waals surface area contributed by atoms with E-state index in [0.717, 1.165) is 0 Å². The quantitative estimate of drug-likeness (QED) is 0.259. The minimum Gasteiger partial charge on any atom is -0.480 e. The van der Waals surface area contributed by atoms with Crippen LogP contribution >= 0.6 is 0 Å². The number of rotatable bonds is 7. The summed E-state index contributed by atoms with van der Waals surface area (Å²) in [5, 5.41) is 29.7. The van der Waals surface area contributed by atoms with Crippen LogP contribution in [0.25, 0.3) is 11.2 Å². The highest BCUT2D eigenvalue weighted by Gasteiger charge is 2.46. The third kappa shape index (κ3) is 3.99. The van der Waals surface area contributed by atoms with Crippen LogP contribution in [0.15, 0.2) is 12.7 Å². The molecule has 0 spiro atoms. The van der Waals surface area contributed by atoms with Gasteiger partial charge in [-0.05, 0) is 10.9 Å². The number of hydrogen-bond acceptors (Lipinski definition) is 9. The zero-order valence-electron chi connectivity index (χ0n) is 14.7. The number of nitrogens with zero attached hydrogens (tertiary/aromatic N) is 4. The Balaban J connectivity index is 1.68. The van der Waals surface area contributed by atoms with Crippen LogP contribution in [0.3, 0.4) is 0 Å². The first kappa shape index (κ1) is 19.8. The number of nitrogens with two attached hydrogens (primary N) is 2. The fraction of sp³-hybridized carbons (Fsp3) is 0.600. The van der Waals surface area contributed by atoms with Crippen molar-refractivity contribution >= 4 is 33.8 Å². The molecule has 0 radical (unpaired) electrons. The molecule has 1 aliphatic heterocycles. The molecule has 11 nitrogen and oxygen atoms in total. The van der Waals surface area contributed by atoms with E-state index in [0.29, 0.717) is 29.1 Å². The van der Waals surface area contributed by atoms with Crippen LogP contribution in [0.5, 0.6) is 0 Å². The molecule has 6 atom stereocenters. The van der Waals surface area contributed by atoms with Gasteiger partial charge in [0.25, 0.3) is 0 Å². The van der Waals surface area contributed by atoms with Gasteiger partial charge in [0, 0.05) is 6.42 Å². The molecule has 2 aromatic heterocycles. The second-order valence-electron chi connectivity index (χ2n) is 6.51. The number of anilines is 1. The minimum absolute atomic E-state index is 0.216. The van der Waals surface area contributed by atoms with E-state index < -0.39 is 36.6 Å². The van der Waals surface area contributed by atoms with Gasteiger partial charge in [-0.1, -0.05) is 0 Å². The van der Waals surface area contributed by atoms with E-state index in [1.165, 1.54) is 17.2 Å². The molecule has 0 amide bonds. The van der Waals surface area contributed by atoms with E-state index in [1.807, 2.05) is 6.26 Å². The summed E-state index contributed by atoms with van der Waals surface area (Å²) in [6, 6.07) is -0.907. The highest BCUT2D eigenvalue weighted by Crippen LogP contribution is 2.32. The molecule has 3 rings (SSSR count). The molecule has 1 fully saturated rings. The van der Waals surface area contributed by atoms with Gasteiger partial charge < -0.3 is 31.5 Å². The molecule has 1 unspecified atom stereocenters. The molecule has 148 valence electrons. The Kier molecular flexibility index (Phi) is 5.81. The van der Waals surface area contributed by atoms with Gasteiger partial charge in [0.15, 0.2) is 17.7 Å². The van der Waals surface area contributed by atoms with E-state index in [-0.39, 0.29) is 16.7 Å². The summed E-state index contributed by atoms with van der Waals surface area (Å²) in [6.45, 7) is 0. The van der Waals surface area contributed by atoms with Gasteiger partial charge in [-0.25, -0.2) is 15.0 Å². The van der Waals surface area contributed by atoms with E-state index in [9.17, 15) is 15.0 Å². The molecule has 27 heavy (non-hydrogen) atoms. The van der Waals surface area contributed by atoms with Gasteiger partial charge in [-0.15, -0.1) is 0 Å². The topological polar surface area (TPSA) is 183 Å². The van der Waals surface area contributed by atoms with Crippen molar-refractivity contribution < 1.29 is 24.9 Å². The van der Waals surface area contributed by atoms with Crippen molar-refractivity contribution in [3.8, 4) is 0 Å². The molecule has 0 bridgehead atoms. The number of nitrogen functional groups attached to an aromatic ring is 1. The van der Waals surface area contributed by atoms with Crippen LogP contribution in [0.4, 0.5) is 5.82 Å². The number of aliphatic hydroxyl groups is 2. The van der Waals surface area contributed by atoms with Gasteiger partial charge in [-0.2, -0.15) is 0 Å². The van der Waals surface area contributed by atoms with Crippen LogP contribution in [0, 0.1) is 0 Å². The lowest BCUT2D eigenvalue weighted by Crippen LogP contribution is -2.37. The van der Waals surface area contributed by atoms with Crippen LogP contribution in [0.2, 0.25) is 0 Å². The number of fused-ring (bicyclic) bond motifs is 1. The number of aliphatic hydroxyl groups excluding tert-OH is 2. The summed E-state index contributed by atoms with van der Waals surface area (Å²) >= 11 is 0. The fourth-order valence-corrected chi connectivity index (χ4v) is 4.63. The summed E-state index contributed by atoms with van der Waals surface area (Å²) in [7, 11) is -0.235. The normalized spacial score (nSPS) is 27.7. The van der Waals surface area contributed by atoms with Crippen molar-refractivity contribution in [2.24, 2.45) is 5.73 Å². The molecule has 1 saturated heterocycles. The first-order valence-electron chi connectivity index (χ1n) is 8.31. The number of carboxylic acid groups (broad SMARTS) is 1. The van der Waals surface area contributed by atoms with Crippen LogP contribution in [-0.2, 0) is 20.4 Å². The minimum atomic E-state index is -1.16. The number of hydrogen-bond donors (Lipinski definition) is 5. The third-order valence-corrected chi connectivity index (χ3v) is 6.37. The van der Waals surface area contributed by atoms with Gasteiger partial charge in [0.05, 0.1) is 12.6 Å². The number of aromatic nitrogens is 4. The maximum atomic E-state index is 10.8. The molecule has 0 aromatic carbocycles. The van der Waals surface area contributed by atoms with E-state index in [4.69, 9.17) is 21.3 Å². The van der Waals surface area contributed by atoms with Gasteiger partial charge in [-0.3, -0.25) is 9.36 Å². The predicted octanol–water partition coefficient (Wildman–Crippen LogP) is -1.92. The molecular formula is C15H23N6O5S+. The monoisotopic (exact) mass is 400 g/mol. The third-order valence-electron chi connectivity index (χ3n) is 4.54. The van der Waals surface area contributed by atoms with Gasteiger partial charge >= 0.3 is 5.97 Å². The summed E-state index contributed by atoms with van der Waals surface area (Å²) in [5.41, 5.74) is 12.1. The lowest BCUT2D eigenvalue weighted by molar-refractivity contribution is -0.138. The Morgan fingerprint density at radius 1 is 1.37 bits per heavy atom. The van der Waals surface area contributed by atoms with Crippen molar-refractivity contribution in [1.82, 2.24) is 19.5 Å². The number of carboxylic acids is 1. The SMILES string of the molecule is [13CH3][S+](CC[C@H](N)C(=O)O)C[C@H]1O[C@@H](n2cnc3c(N)ncnc32)[C@H](O)[C@@H]1O. The first-order valence-corrected chi connectivity index (χ1v) is 10.3. The molecule has 1 aliphatic rings. The van der Waals surface area contributed by atoms with Crippen molar-refractivity contribution in [3.63, 3.8) is 0 Å². The van der Waals surface area contributed by atoms with Crippen molar-refractivity contribution in [2.45, 2.75) is 37.0 Å². The van der Waals surface area contributed by atoms with Crippen molar-refractivity contribution in [2.75, 3.05) is 23.5 Å². The average Bonchev–Trinajstić information content (AvgIpc) is 3.17. The Morgan fingerprint density at radius 2 is 2.11 bits per heavy atom. The van der Waals surface area contributed by atoms with Crippen LogP contribution in [0.1, 0.15) is 12.6 Å². The fourth-order valence-electron chi connectivity index (χ4n) is 2.97. The summed E-state index contributed by atoms with van der Waals surface area (Å²) < 4.78 is 7.41. The van der Waals surface area contributed by atoms with Gasteiger partial charge in [0.2, 0.25) is 0 Å². The molecule has 12 heteroatoms. The molecule has 0 aliphatic carbocycles. The molecule has 7 N–H and O–H groups in total. The van der Waals surface area contributed by atoms with E-state index >= 15 is 0 Å². The summed E-state index contributed by atoms with van der Waals surface area (Å²) in [6.07, 6.45) is 1.31. The molecule has 3 heterocycles. The zero-order chi connectivity index (χ0) is 19.7. The van der Waals surface area contributed by atoms with Gasteiger partial charge in [0.1, 0.15) is 47.7 Å². The molecular weight excluding hydrogens is 377 g/mol. The highest BCUT2D eigenvalue weighted by molar-refractivity contribution is 7.96. The summed E-state index contributed by atoms with van der Waals surface area (Å²) in [5.74, 6) is 0.254. The highest BCUT2D eigenvalue weighted by atomic mass is 32.2. The lowest BCUT2D eigenvalue weighted by atomic mass is 10.1. The van der Waals surface area contributed by atoms with Crippen molar-refractivity contribution in [1.29, 1.82) is 0 Å². The molecule has 2 aromatic rings. The van der Waals surface area contributed by atoms with Crippen molar-refractivity contribution in [3.05, 3.63) is 12.7 Å². The maximum Gasteiger partial charge on any atom is 0.320 e. The second kappa shape index (κ2) is 7.94. The zero-order valence-corrected chi connectivity index (χ0v) is 15.5. The number of imidazole rings is 1. The lowest BCUT2D eigenvalue weighted by Gasteiger charge is -2.16. The van der Waals surface area contributed by atoms with Crippen LogP contribution < -0.4 is 11.5 Å². The number of aliphatic carboxylic acids is 1. The van der Waals surface area contributed by atoms with E-state index in [2.05, 4.69) is 15.0 Å².